The molecule has 0 saturated carbocycles. The number of anilines is 1. The maximum Gasteiger partial charge on any atom is 0.323 e. The molecule has 2 aliphatic rings. The Hall–Kier alpha value is -2.38. The predicted molar refractivity (Wildman–Crippen MR) is 91.3 cm³/mol. The topological polar surface area (TPSA) is 89.1 Å². The van der Waals surface area contributed by atoms with E-state index >= 15 is 0 Å². The van der Waals surface area contributed by atoms with Crippen molar-refractivity contribution >= 4 is 11.8 Å². The zero-order chi connectivity index (χ0) is 17.6. The van der Waals surface area contributed by atoms with Crippen LogP contribution in [0.15, 0.2) is 4.52 Å². The molecule has 1 fully saturated rings. The Balaban J connectivity index is 1.53. The Bertz CT molecular complexity index is 793. The van der Waals surface area contributed by atoms with Crippen LogP contribution in [0.25, 0.3) is 0 Å². The molecule has 0 bridgehead atoms. The average molecular weight is 344 g/mol. The number of rotatable bonds is 3. The van der Waals surface area contributed by atoms with Gasteiger partial charge < -0.3 is 9.42 Å². The Morgan fingerprint density at radius 3 is 2.92 bits per heavy atom. The fraction of sp³-hybridized carbons (Fsp3) is 0.647. The van der Waals surface area contributed by atoms with Crippen molar-refractivity contribution in [1.29, 1.82) is 0 Å². The summed E-state index contributed by atoms with van der Waals surface area (Å²) in [5.41, 5.74) is 2.28. The van der Waals surface area contributed by atoms with Gasteiger partial charge in [-0.3, -0.25) is 10.00 Å². The number of fused-ring (bicyclic) bond motifs is 1. The molecular formula is C17H24N6O2. The van der Waals surface area contributed by atoms with Crippen LogP contribution in [0.4, 0.5) is 10.6 Å². The van der Waals surface area contributed by atoms with Crippen LogP contribution in [0.1, 0.15) is 68.0 Å². The van der Waals surface area contributed by atoms with Crippen LogP contribution in [0.2, 0.25) is 0 Å². The Morgan fingerprint density at radius 2 is 2.16 bits per heavy atom. The quantitative estimate of drug-likeness (QED) is 0.925. The molecule has 3 heterocycles. The molecule has 0 unspecified atom stereocenters. The first-order valence-corrected chi connectivity index (χ1v) is 9.00. The number of hydrogen-bond acceptors (Lipinski definition) is 5. The lowest BCUT2D eigenvalue weighted by Crippen LogP contribution is -2.35. The summed E-state index contributed by atoms with van der Waals surface area (Å²) in [7, 11) is 1.88. The number of nitrogens with one attached hydrogen (secondary N) is 1. The van der Waals surface area contributed by atoms with E-state index in [0.717, 1.165) is 43.6 Å². The Labute approximate surface area is 146 Å². The number of aryl methyl sites for hydroxylation is 2. The van der Waals surface area contributed by atoms with Crippen LogP contribution < -0.4 is 5.32 Å². The maximum absolute atomic E-state index is 12.9. The second-order valence-corrected chi connectivity index (χ2v) is 7.18. The predicted octanol–water partition coefficient (Wildman–Crippen LogP) is 2.78. The van der Waals surface area contributed by atoms with E-state index in [-0.39, 0.29) is 18.0 Å². The van der Waals surface area contributed by atoms with Crippen LogP contribution in [0.5, 0.6) is 0 Å². The van der Waals surface area contributed by atoms with Crippen molar-refractivity contribution in [1.82, 2.24) is 24.8 Å². The molecule has 1 aliphatic heterocycles. The highest BCUT2D eigenvalue weighted by atomic mass is 16.5. The first-order chi connectivity index (χ1) is 12.0. The highest BCUT2D eigenvalue weighted by Crippen LogP contribution is 2.33. The Kier molecular flexibility index (Phi) is 3.97. The molecule has 8 heteroatoms. The minimum absolute atomic E-state index is 0.121. The zero-order valence-corrected chi connectivity index (χ0v) is 14.9. The fourth-order valence-corrected chi connectivity index (χ4v) is 3.73. The second-order valence-electron chi connectivity index (χ2n) is 7.18. The van der Waals surface area contributed by atoms with Crippen molar-refractivity contribution < 1.29 is 9.32 Å². The molecule has 0 radical (unpaired) electrons. The Morgan fingerprint density at radius 1 is 1.32 bits per heavy atom. The van der Waals surface area contributed by atoms with Crippen LogP contribution in [-0.2, 0) is 19.9 Å². The van der Waals surface area contributed by atoms with Gasteiger partial charge in [-0.2, -0.15) is 10.1 Å². The van der Waals surface area contributed by atoms with Crippen LogP contribution in [-0.4, -0.2) is 37.4 Å². The molecule has 0 aromatic carbocycles. The van der Waals surface area contributed by atoms with Crippen molar-refractivity contribution in [3.63, 3.8) is 0 Å². The highest BCUT2D eigenvalue weighted by molar-refractivity contribution is 5.90. The van der Waals surface area contributed by atoms with Gasteiger partial charge in [-0.25, -0.2) is 4.79 Å². The van der Waals surface area contributed by atoms with Gasteiger partial charge in [0.15, 0.2) is 5.82 Å². The molecule has 8 nitrogen and oxygen atoms in total. The van der Waals surface area contributed by atoms with Crippen molar-refractivity contribution in [2.75, 3.05) is 11.9 Å². The lowest BCUT2D eigenvalue weighted by Gasteiger charge is -2.22. The van der Waals surface area contributed by atoms with Crippen molar-refractivity contribution in [3.05, 3.63) is 23.0 Å². The lowest BCUT2D eigenvalue weighted by molar-refractivity contribution is 0.193. The number of aromatic nitrogens is 4. The van der Waals surface area contributed by atoms with Crippen LogP contribution >= 0.6 is 0 Å². The summed E-state index contributed by atoms with van der Waals surface area (Å²) in [5, 5.41) is 11.6. The van der Waals surface area contributed by atoms with Gasteiger partial charge in [0, 0.05) is 25.1 Å². The van der Waals surface area contributed by atoms with Gasteiger partial charge in [0.05, 0.1) is 5.69 Å². The van der Waals surface area contributed by atoms with E-state index in [1.165, 1.54) is 5.56 Å². The van der Waals surface area contributed by atoms with E-state index in [1.54, 1.807) is 9.58 Å². The summed E-state index contributed by atoms with van der Waals surface area (Å²) in [6, 6.07) is -0.272. The number of hydrogen-bond donors (Lipinski definition) is 1. The van der Waals surface area contributed by atoms with Crippen LogP contribution in [0.3, 0.4) is 0 Å². The summed E-state index contributed by atoms with van der Waals surface area (Å²) < 4.78 is 7.20. The van der Waals surface area contributed by atoms with Gasteiger partial charge in [-0.05, 0) is 32.1 Å². The van der Waals surface area contributed by atoms with Gasteiger partial charge in [0.1, 0.15) is 11.9 Å². The summed E-state index contributed by atoms with van der Waals surface area (Å²) in [5.74, 6) is 2.24. The summed E-state index contributed by atoms with van der Waals surface area (Å²) in [4.78, 5) is 19.2. The van der Waals surface area contributed by atoms with Gasteiger partial charge in [-0.15, -0.1) is 0 Å². The monoisotopic (exact) mass is 344 g/mol. The highest BCUT2D eigenvalue weighted by Gasteiger charge is 2.35. The standard InChI is InChI=1S/C17H24N6O2/c1-10(2)14-18-16(25-21-14)13-8-5-9-23(13)17(24)19-15-11-6-4-7-12(11)20-22(15)3/h10,13H,4-9H2,1-3H3,(H,19,24)/t13-/m0/s1. The zero-order valence-electron chi connectivity index (χ0n) is 14.9. The van der Waals surface area contributed by atoms with E-state index < -0.39 is 0 Å². The molecule has 4 rings (SSSR count). The average Bonchev–Trinajstić information content (AvgIpc) is 3.31. The number of nitrogens with zero attached hydrogens (tertiary/aromatic N) is 5. The number of carbonyl (C=O) groups excluding carboxylic acids is 1. The van der Waals surface area contributed by atoms with Gasteiger partial charge in [0.25, 0.3) is 0 Å². The molecule has 2 amide bonds. The molecule has 0 spiro atoms. The van der Waals surface area contributed by atoms with Crippen molar-refractivity contribution in [2.45, 2.75) is 57.9 Å². The maximum atomic E-state index is 12.9. The van der Waals surface area contributed by atoms with Gasteiger partial charge >= 0.3 is 6.03 Å². The van der Waals surface area contributed by atoms with E-state index in [1.807, 2.05) is 20.9 Å². The molecule has 2 aromatic rings. The largest absolute Gasteiger partial charge is 0.337 e. The molecule has 1 saturated heterocycles. The van der Waals surface area contributed by atoms with Gasteiger partial charge in [-0.1, -0.05) is 19.0 Å². The smallest absolute Gasteiger partial charge is 0.323 e. The van der Waals surface area contributed by atoms with Crippen molar-refractivity contribution in [2.24, 2.45) is 7.05 Å². The number of likely N-dealkylation sites (tertiary alicyclic amines) is 1. The first-order valence-electron chi connectivity index (χ1n) is 9.00. The molecule has 1 aliphatic carbocycles. The van der Waals surface area contributed by atoms with E-state index in [9.17, 15) is 4.79 Å². The summed E-state index contributed by atoms with van der Waals surface area (Å²) in [6.07, 6.45) is 4.85. The third-order valence-electron chi connectivity index (χ3n) is 5.07. The van der Waals surface area contributed by atoms with E-state index in [4.69, 9.17) is 4.52 Å². The second kappa shape index (κ2) is 6.16. The summed E-state index contributed by atoms with van der Waals surface area (Å²) in [6.45, 7) is 4.74. The minimum Gasteiger partial charge on any atom is -0.337 e. The molecule has 25 heavy (non-hydrogen) atoms. The molecule has 2 aromatic heterocycles. The van der Waals surface area contributed by atoms with E-state index in [0.29, 0.717) is 18.3 Å². The normalized spacial score (nSPS) is 19.7. The van der Waals surface area contributed by atoms with Crippen molar-refractivity contribution in [3.8, 4) is 0 Å². The lowest BCUT2D eigenvalue weighted by atomic mass is 10.2. The third kappa shape index (κ3) is 2.79. The molecule has 134 valence electrons. The van der Waals surface area contributed by atoms with E-state index in [2.05, 4.69) is 20.6 Å². The minimum atomic E-state index is -0.152. The fourth-order valence-electron chi connectivity index (χ4n) is 3.73. The first kappa shape index (κ1) is 16.1. The third-order valence-corrected chi connectivity index (χ3v) is 5.07. The number of amides is 2. The molecule has 1 N–H and O–H groups in total. The number of urea groups is 1. The molecular weight excluding hydrogens is 320 g/mol. The van der Waals surface area contributed by atoms with Gasteiger partial charge in [0.2, 0.25) is 5.89 Å². The number of carbonyl (C=O) groups is 1. The van der Waals surface area contributed by atoms with Crippen LogP contribution in [0, 0.1) is 0 Å². The summed E-state index contributed by atoms with van der Waals surface area (Å²) >= 11 is 0. The SMILES string of the molecule is CC(C)c1noc([C@@H]2CCCN2C(=O)Nc2c3c(nn2C)CCC3)n1. The molecule has 1 atom stereocenters.